The second kappa shape index (κ2) is 2.96. The summed E-state index contributed by atoms with van der Waals surface area (Å²) >= 11 is 16.3. The van der Waals surface area contributed by atoms with E-state index in [9.17, 15) is 0 Å². The van der Waals surface area contributed by atoms with Crippen LogP contribution in [-0.4, -0.2) is 8.39 Å². The van der Waals surface area contributed by atoms with Gasteiger partial charge in [-0.25, -0.2) is 0 Å². The normalized spacial score (nSPS) is 7.67. The van der Waals surface area contributed by atoms with Gasteiger partial charge in [0.05, 0.1) is 8.39 Å². The molecular formula is C2H2S4. The number of hydrogen-bond donors (Lipinski definition) is 2. The van der Waals surface area contributed by atoms with E-state index in [-0.39, 0.29) is 0 Å². The Kier molecular flexibility index (Phi) is 3.39. The maximum absolute atomic E-state index is 4.47. The van der Waals surface area contributed by atoms with Crippen molar-refractivity contribution in [3.63, 3.8) is 0 Å². The van der Waals surface area contributed by atoms with Crippen molar-refractivity contribution in [3.8, 4) is 0 Å². The Labute approximate surface area is 58.1 Å². The Hall–Kier alpha value is 0.880. The molecular weight excluding hydrogens is 152 g/mol. The van der Waals surface area contributed by atoms with E-state index in [2.05, 4.69) is 49.7 Å². The molecule has 0 amide bonds. The van der Waals surface area contributed by atoms with Crippen LogP contribution in [0.15, 0.2) is 0 Å². The average Bonchev–Trinajstić information content (AvgIpc) is 1.36. The lowest BCUT2D eigenvalue weighted by molar-refractivity contribution is 3.63. The summed E-state index contributed by atoms with van der Waals surface area (Å²) in [6.07, 6.45) is 0. The van der Waals surface area contributed by atoms with E-state index in [1.54, 1.807) is 0 Å². The first kappa shape index (κ1) is 6.88. The molecule has 0 N–H and O–H groups in total. The summed E-state index contributed by atoms with van der Waals surface area (Å²) in [7, 11) is 0. The molecule has 0 aliphatic rings. The van der Waals surface area contributed by atoms with Crippen LogP contribution in [0, 0.1) is 0 Å². The molecule has 0 aliphatic heterocycles. The van der Waals surface area contributed by atoms with Crippen molar-refractivity contribution in [2.75, 3.05) is 0 Å². The van der Waals surface area contributed by atoms with Crippen LogP contribution in [0.2, 0.25) is 0 Å². The summed E-state index contributed by atoms with van der Waals surface area (Å²) in [4.78, 5) is 0. The Morgan fingerprint density at radius 1 is 1.00 bits per heavy atom. The number of thiocarbonyl (C=S) groups is 2. The van der Waals surface area contributed by atoms with Crippen LogP contribution in [0.3, 0.4) is 0 Å². The topological polar surface area (TPSA) is 0 Å². The Balaban J connectivity index is 3.57. The molecule has 4 heteroatoms. The fourth-order valence-electron chi connectivity index (χ4n) is 0. The molecule has 0 aromatic heterocycles. The van der Waals surface area contributed by atoms with E-state index >= 15 is 0 Å². The minimum absolute atomic E-state index is 0.383. The van der Waals surface area contributed by atoms with Crippen molar-refractivity contribution < 1.29 is 0 Å². The monoisotopic (exact) mass is 154 g/mol. The first-order chi connectivity index (χ1) is 2.64. The molecule has 6 heavy (non-hydrogen) atoms. The standard InChI is InChI=1S/C2H2S4/c3-1(4)2(5)6/h(H,3,4)(H,5,6). The highest BCUT2D eigenvalue weighted by atomic mass is 32.1. The van der Waals surface area contributed by atoms with Crippen LogP contribution in [0.1, 0.15) is 0 Å². The lowest BCUT2D eigenvalue weighted by Crippen LogP contribution is -1.87. The molecule has 0 spiro atoms. The predicted octanol–water partition coefficient (Wildman–Crippen LogP) is 1.50. The molecule has 0 bridgehead atoms. The minimum atomic E-state index is 0.383. The molecule has 0 aromatic rings. The van der Waals surface area contributed by atoms with E-state index in [0.29, 0.717) is 8.39 Å². The number of thiol groups is 2. The summed E-state index contributed by atoms with van der Waals surface area (Å²) in [6, 6.07) is 0. The van der Waals surface area contributed by atoms with Gasteiger partial charge in [0.2, 0.25) is 0 Å². The first-order valence-electron chi connectivity index (χ1n) is 1.11. The summed E-state index contributed by atoms with van der Waals surface area (Å²) in [6.45, 7) is 0. The summed E-state index contributed by atoms with van der Waals surface area (Å²) in [5, 5.41) is 0. The Morgan fingerprint density at radius 3 is 1.17 bits per heavy atom. The molecule has 0 saturated heterocycles. The maximum Gasteiger partial charge on any atom is 0.0918 e. The second-order valence-corrected chi connectivity index (χ2v) is 2.93. The van der Waals surface area contributed by atoms with Crippen LogP contribution in [-0.2, 0) is 0 Å². The summed E-state index contributed by atoms with van der Waals surface area (Å²) in [5.41, 5.74) is 0. The highest BCUT2D eigenvalue weighted by Gasteiger charge is 1.86. The van der Waals surface area contributed by atoms with Crippen LogP contribution in [0.5, 0.6) is 0 Å². The minimum Gasteiger partial charge on any atom is -0.130 e. The maximum atomic E-state index is 4.47. The van der Waals surface area contributed by atoms with E-state index in [1.807, 2.05) is 0 Å². The average molecular weight is 154 g/mol. The van der Waals surface area contributed by atoms with Crippen LogP contribution in [0.4, 0.5) is 0 Å². The van der Waals surface area contributed by atoms with Gasteiger partial charge >= 0.3 is 0 Å². The first-order valence-corrected chi connectivity index (χ1v) is 2.82. The van der Waals surface area contributed by atoms with E-state index in [0.717, 1.165) is 0 Å². The predicted molar refractivity (Wildman–Crippen MR) is 43.2 cm³/mol. The van der Waals surface area contributed by atoms with Gasteiger partial charge in [0, 0.05) is 0 Å². The van der Waals surface area contributed by atoms with Gasteiger partial charge in [0.1, 0.15) is 0 Å². The molecule has 0 radical (unpaired) electrons. The molecule has 0 unspecified atom stereocenters. The quantitative estimate of drug-likeness (QED) is 0.434. The van der Waals surface area contributed by atoms with Crippen molar-refractivity contribution in [2.24, 2.45) is 0 Å². The van der Waals surface area contributed by atoms with E-state index in [1.165, 1.54) is 0 Å². The SMILES string of the molecule is S=C(S)C(=S)S. The summed E-state index contributed by atoms with van der Waals surface area (Å²) < 4.78 is 0.765. The zero-order chi connectivity index (χ0) is 5.15. The van der Waals surface area contributed by atoms with Gasteiger partial charge in [-0.2, -0.15) is 0 Å². The van der Waals surface area contributed by atoms with Crippen molar-refractivity contribution in [1.29, 1.82) is 0 Å². The number of rotatable bonds is 1. The molecule has 0 heterocycles. The van der Waals surface area contributed by atoms with Gasteiger partial charge in [-0.3, -0.25) is 0 Å². The largest absolute Gasteiger partial charge is 0.130 e. The van der Waals surface area contributed by atoms with Gasteiger partial charge in [0.15, 0.2) is 0 Å². The second-order valence-electron chi connectivity index (χ2n) is 0.610. The smallest absolute Gasteiger partial charge is 0.0918 e. The van der Waals surface area contributed by atoms with E-state index in [4.69, 9.17) is 0 Å². The van der Waals surface area contributed by atoms with Crippen LogP contribution >= 0.6 is 49.7 Å². The van der Waals surface area contributed by atoms with Crippen molar-refractivity contribution >= 4 is 58.1 Å². The zero-order valence-corrected chi connectivity index (χ0v) is 6.13. The van der Waals surface area contributed by atoms with E-state index < -0.39 is 0 Å². The van der Waals surface area contributed by atoms with Gasteiger partial charge in [-0.15, -0.1) is 25.3 Å². The molecule has 0 aliphatic carbocycles. The van der Waals surface area contributed by atoms with Crippen molar-refractivity contribution in [2.45, 2.75) is 0 Å². The third kappa shape index (κ3) is 3.08. The lowest BCUT2D eigenvalue weighted by atomic mass is 10.9. The lowest BCUT2D eigenvalue weighted by Gasteiger charge is -1.80. The Morgan fingerprint density at radius 2 is 1.17 bits per heavy atom. The van der Waals surface area contributed by atoms with Crippen molar-refractivity contribution in [1.82, 2.24) is 0 Å². The van der Waals surface area contributed by atoms with Gasteiger partial charge < -0.3 is 0 Å². The Bertz CT molecular complexity index is 71.5. The highest BCUT2D eigenvalue weighted by molar-refractivity contribution is 8.26. The molecule has 0 nitrogen and oxygen atoms in total. The fraction of sp³-hybridized carbons (Fsp3) is 0. The molecule has 0 atom stereocenters. The summed E-state index contributed by atoms with van der Waals surface area (Å²) in [5.74, 6) is 0. The van der Waals surface area contributed by atoms with Gasteiger partial charge in [-0.1, -0.05) is 24.4 Å². The molecule has 0 aromatic carbocycles. The van der Waals surface area contributed by atoms with Crippen LogP contribution in [0.25, 0.3) is 0 Å². The van der Waals surface area contributed by atoms with Crippen LogP contribution < -0.4 is 0 Å². The molecule has 34 valence electrons. The third-order valence-electron chi connectivity index (χ3n) is 0.183. The zero-order valence-electron chi connectivity index (χ0n) is 2.71. The van der Waals surface area contributed by atoms with Crippen molar-refractivity contribution in [3.05, 3.63) is 0 Å². The fourth-order valence-corrected chi connectivity index (χ4v) is 0. The van der Waals surface area contributed by atoms with Gasteiger partial charge in [-0.05, 0) is 0 Å². The third-order valence-corrected chi connectivity index (χ3v) is 1.65. The highest BCUT2D eigenvalue weighted by Crippen LogP contribution is 1.91. The molecule has 0 saturated carbocycles. The molecule has 0 rings (SSSR count). The number of hydrogen-bond acceptors (Lipinski definition) is 2. The van der Waals surface area contributed by atoms with Gasteiger partial charge in [0.25, 0.3) is 0 Å². The molecule has 0 fully saturated rings.